The molecular formula is C12H16O4. The second-order valence-electron chi connectivity index (χ2n) is 3.54. The zero-order valence-electron chi connectivity index (χ0n) is 9.22. The summed E-state index contributed by atoms with van der Waals surface area (Å²) < 4.78 is 4.75. The average Bonchev–Trinajstić information content (AvgIpc) is 2.30. The summed E-state index contributed by atoms with van der Waals surface area (Å²) in [7, 11) is 0. The maximum atomic E-state index is 11.3. The van der Waals surface area contributed by atoms with Gasteiger partial charge >= 0.3 is 5.97 Å². The van der Waals surface area contributed by atoms with Gasteiger partial charge in [0.25, 0.3) is 0 Å². The highest BCUT2D eigenvalue weighted by Gasteiger charge is 2.31. The Balaban J connectivity index is 2.82. The van der Waals surface area contributed by atoms with Crippen LogP contribution < -0.4 is 0 Å². The van der Waals surface area contributed by atoms with Crippen molar-refractivity contribution in [1.82, 2.24) is 0 Å². The number of esters is 1. The molecule has 0 saturated heterocycles. The van der Waals surface area contributed by atoms with E-state index in [1.54, 1.807) is 37.3 Å². The Morgan fingerprint density at radius 2 is 2.00 bits per heavy atom. The number of aliphatic hydroxyl groups excluding tert-OH is 1. The Morgan fingerprint density at radius 3 is 2.50 bits per heavy atom. The van der Waals surface area contributed by atoms with Crippen LogP contribution in [0, 0.1) is 0 Å². The van der Waals surface area contributed by atoms with E-state index < -0.39 is 18.2 Å². The standard InChI is InChI=1S/C12H16O4/c1-2-16-11(14)8-12(15,9-13)10-6-4-3-5-7-10/h3-7,13,15H,2,8-9H2,1H3. The van der Waals surface area contributed by atoms with Crippen LogP contribution in [-0.2, 0) is 15.1 Å². The van der Waals surface area contributed by atoms with E-state index in [1.807, 2.05) is 0 Å². The third kappa shape index (κ3) is 3.05. The molecule has 4 heteroatoms. The predicted molar refractivity (Wildman–Crippen MR) is 58.7 cm³/mol. The highest BCUT2D eigenvalue weighted by atomic mass is 16.5. The second kappa shape index (κ2) is 5.63. The van der Waals surface area contributed by atoms with Crippen molar-refractivity contribution in [3.63, 3.8) is 0 Å². The number of benzene rings is 1. The summed E-state index contributed by atoms with van der Waals surface area (Å²) >= 11 is 0. The van der Waals surface area contributed by atoms with Crippen molar-refractivity contribution in [2.45, 2.75) is 18.9 Å². The lowest BCUT2D eigenvalue weighted by Crippen LogP contribution is -2.33. The summed E-state index contributed by atoms with van der Waals surface area (Å²) in [5, 5.41) is 19.3. The van der Waals surface area contributed by atoms with Gasteiger partial charge in [-0.1, -0.05) is 30.3 Å². The summed E-state index contributed by atoms with van der Waals surface area (Å²) in [6.45, 7) is 1.43. The molecule has 88 valence electrons. The largest absolute Gasteiger partial charge is 0.466 e. The third-order valence-corrected chi connectivity index (χ3v) is 2.31. The monoisotopic (exact) mass is 224 g/mol. The molecule has 0 aliphatic heterocycles. The molecule has 0 bridgehead atoms. The molecule has 2 N–H and O–H groups in total. The zero-order valence-corrected chi connectivity index (χ0v) is 9.22. The number of hydrogen-bond donors (Lipinski definition) is 2. The van der Waals surface area contributed by atoms with Crippen LogP contribution in [0.25, 0.3) is 0 Å². The van der Waals surface area contributed by atoms with Crippen molar-refractivity contribution in [3.05, 3.63) is 35.9 Å². The normalized spacial score (nSPS) is 14.2. The van der Waals surface area contributed by atoms with Crippen LogP contribution >= 0.6 is 0 Å². The van der Waals surface area contributed by atoms with Crippen molar-refractivity contribution in [3.8, 4) is 0 Å². The van der Waals surface area contributed by atoms with Crippen LogP contribution in [0.15, 0.2) is 30.3 Å². The molecule has 16 heavy (non-hydrogen) atoms. The molecule has 4 nitrogen and oxygen atoms in total. The molecule has 0 aromatic heterocycles. The minimum atomic E-state index is -1.56. The maximum absolute atomic E-state index is 11.3. The molecule has 0 saturated carbocycles. The van der Waals surface area contributed by atoms with Crippen molar-refractivity contribution in [2.24, 2.45) is 0 Å². The first-order chi connectivity index (χ1) is 7.62. The fourth-order valence-electron chi connectivity index (χ4n) is 1.45. The minimum Gasteiger partial charge on any atom is -0.466 e. The summed E-state index contributed by atoms with van der Waals surface area (Å²) in [5.74, 6) is -0.525. The van der Waals surface area contributed by atoms with Crippen LogP contribution in [0.1, 0.15) is 18.9 Å². The van der Waals surface area contributed by atoms with Gasteiger partial charge in [0.05, 0.1) is 19.6 Å². The molecule has 1 unspecified atom stereocenters. The number of hydrogen-bond acceptors (Lipinski definition) is 4. The Kier molecular flexibility index (Phi) is 4.46. The molecule has 1 atom stereocenters. The Labute approximate surface area is 94.5 Å². The van der Waals surface area contributed by atoms with Crippen LogP contribution in [0.2, 0.25) is 0 Å². The number of ether oxygens (including phenoxy) is 1. The van der Waals surface area contributed by atoms with Gasteiger partial charge in [0.2, 0.25) is 0 Å². The van der Waals surface area contributed by atoms with Gasteiger partial charge in [0.1, 0.15) is 5.60 Å². The molecule has 0 fully saturated rings. The first kappa shape index (κ1) is 12.7. The van der Waals surface area contributed by atoms with Crippen LogP contribution in [0.5, 0.6) is 0 Å². The Bertz CT molecular complexity index is 336. The highest BCUT2D eigenvalue weighted by Crippen LogP contribution is 2.24. The lowest BCUT2D eigenvalue weighted by molar-refractivity contribution is -0.151. The van der Waals surface area contributed by atoms with E-state index >= 15 is 0 Å². The van der Waals surface area contributed by atoms with Gasteiger partial charge in [0, 0.05) is 0 Å². The molecule has 0 aliphatic rings. The lowest BCUT2D eigenvalue weighted by Gasteiger charge is -2.25. The van der Waals surface area contributed by atoms with Gasteiger partial charge in [-0.05, 0) is 12.5 Å². The molecule has 1 rings (SSSR count). The quantitative estimate of drug-likeness (QED) is 0.727. The predicted octanol–water partition coefficient (Wildman–Crippen LogP) is 0.820. The molecule has 0 amide bonds. The van der Waals surface area contributed by atoms with Crippen molar-refractivity contribution < 1.29 is 19.7 Å². The molecule has 0 spiro atoms. The van der Waals surface area contributed by atoms with Crippen molar-refractivity contribution >= 4 is 5.97 Å². The van der Waals surface area contributed by atoms with Crippen molar-refractivity contribution in [1.29, 1.82) is 0 Å². The van der Waals surface area contributed by atoms with E-state index in [-0.39, 0.29) is 13.0 Å². The highest BCUT2D eigenvalue weighted by molar-refractivity contribution is 5.71. The van der Waals surface area contributed by atoms with Gasteiger partial charge in [0.15, 0.2) is 0 Å². The maximum Gasteiger partial charge on any atom is 0.309 e. The number of carbonyl (C=O) groups is 1. The van der Waals surface area contributed by atoms with Gasteiger partial charge < -0.3 is 14.9 Å². The molecule has 0 radical (unpaired) electrons. The average molecular weight is 224 g/mol. The minimum absolute atomic E-state index is 0.249. The first-order valence-electron chi connectivity index (χ1n) is 5.17. The molecular weight excluding hydrogens is 208 g/mol. The summed E-state index contributed by atoms with van der Waals surface area (Å²) in [4.78, 5) is 11.3. The van der Waals surface area contributed by atoms with E-state index in [0.29, 0.717) is 5.56 Å². The SMILES string of the molecule is CCOC(=O)CC(O)(CO)c1ccccc1. The van der Waals surface area contributed by atoms with Crippen LogP contribution in [0.4, 0.5) is 0 Å². The van der Waals surface area contributed by atoms with E-state index in [9.17, 15) is 15.0 Å². The van der Waals surface area contributed by atoms with Gasteiger partial charge in [-0.25, -0.2) is 0 Å². The van der Waals surface area contributed by atoms with Gasteiger partial charge in [-0.15, -0.1) is 0 Å². The topological polar surface area (TPSA) is 66.8 Å². The Morgan fingerprint density at radius 1 is 1.38 bits per heavy atom. The van der Waals surface area contributed by atoms with Crippen molar-refractivity contribution in [2.75, 3.05) is 13.2 Å². The van der Waals surface area contributed by atoms with Crippen LogP contribution in [0.3, 0.4) is 0 Å². The number of rotatable bonds is 5. The number of carbonyl (C=O) groups excluding carboxylic acids is 1. The summed E-state index contributed by atoms with van der Waals surface area (Å²) in [6, 6.07) is 8.60. The summed E-state index contributed by atoms with van der Waals surface area (Å²) in [5.41, 5.74) is -1.06. The van der Waals surface area contributed by atoms with E-state index in [4.69, 9.17) is 4.74 Å². The molecule has 0 heterocycles. The zero-order chi connectivity index (χ0) is 12.0. The lowest BCUT2D eigenvalue weighted by atomic mass is 9.91. The first-order valence-corrected chi connectivity index (χ1v) is 5.17. The molecule has 0 aliphatic carbocycles. The number of aliphatic hydroxyl groups is 2. The summed E-state index contributed by atoms with van der Waals surface area (Å²) in [6.07, 6.45) is -0.249. The molecule has 1 aromatic carbocycles. The van der Waals surface area contributed by atoms with E-state index in [1.165, 1.54) is 0 Å². The smallest absolute Gasteiger partial charge is 0.309 e. The van der Waals surface area contributed by atoms with E-state index in [0.717, 1.165) is 0 Å². The fraction of sp³-hybridized carbons (Fsp3) is 0.417. The second-order valence-corrected chi connectivity index (χ2v) is 3.54. The fourth-order valence-corrected chi connectivity index (χ4v) is 1.45. The van der Waals surface area contributed by atoms with Gasteiger partial charge in [-0.3, -0.25) is 4.79 Å². The third-order valence-electron chi connectivity index (χ3n) is 2.31. The van der Waals surface area contributed by atoms with Crippen LogP contribution in [-0.4, -0.2) is 29.4 Å². The van der Waals surface area contributed by atoms with E-state index in [2.05, 4.69) is 0 Å². The molecule has 1 aromatic rings. The Hall–Kier alpha value is -1.39. The van der Waals surface area contributed by atoms with Gasteiger partial charge in [-0.2, -0.15) is 0 Å².